The van der Waals surface area contributed by atoms with Crippen LogP contribution in [0, 0.1) is 11.2 Å². The summed E-state index contributed by atoms with van der Waals surface area (Å²) >= 11 is 0. The summed E-state index contributed by atoms with van der Waals surface area (Å²) in [6.45, 7) is 0.585. The molecule has 132 valence electrons. The van der Waals surface area contributed by atoms with E-state index in [-0.39, 0.29) is 11.7 Å². The minimum absolute atomic E-state index is 0.0545. The van der Waals surface area contributed by atoms with E-state index in [9.17, 15) is 4.39 Å². The van der Waals surface area contributed by atoms with Crippen molar-refractivity contribution in [1.29, 1.82) is 5.41 Å². The van der Waals surface area contributed by atoms with Gasteiger partial charge >= 0.3 is 0 Å². The average Bonchev–Trinajstić information content (AvgIpc) is 2.97. The summed E-state index contributed by atoms with van der Waals surface area (Å²) in [6.07, 6.45) is 0. The number of nitrogen functional groups attached to an aromatic ring is 1. The fourth-order valence-corrected chi connectivity index (χ4v) is 3.21. The van der Waals surface area contributed by atoms with Gasteiger partial charge in [0.15, 0.2) is 0 Å². The van der Waals surface area contributed by atoms with Crippen molar-refractivity contribution in [2.24, 2.45) is 17.4 Å². The van der Waals surface area contributed by atoms with Crippen molar-refractivity contribution in [2.75, 3.05) is 0 Å². The van der Waals surface area contributed by atoms with Gasteiger partial charge in [-0.1, -0.05) is 30.3 Å². The second kappa shape index (κ2) is 7.35. The van der Waals surface area contributed by atoms with Crippen molar-refractivity contribution in [2.45, 2.75) is 6.54 Å². The van der Waals surface area contributed by atoms with E-state index in [1.165, 1.54) is 6.07 Å². The highest BCUT2D eigenvalue weighted by atomic mass is 19.1. The molecule has 5 nitrogen and oxygen atoms in total. The number of nitrogens with one attached hydrogen (secondary N) is 1. The van der Waals surface area contributed by atoms with Crippen molar-refractivity contribution in [3.05, 3.63) is 83.7 Å². The van der Waals surface area contributed by atoms with Crippen LogP contribution in [-0.2, 0) is 6.54 Å². The Labute approximate surface area is 150 Å². The Morgan fingerprint density at radius 1 is 0.885 bits per heavy atom. The van der Waals surface area contributed by atoms with Gasteiger partial charge in [0.25, 0.3) is 0 Å². The molecule has 0 bridgehead atoms. The van der Waals surface area contributed by atoms with Crippen LogP contribution in [0.15, 0.2) is 66.7 Å². The van der Waals surface area contributed by atoms with Crippen LogP contribution >= 0.6 is 0 Å². The molecule has 0 unspecified atom stereocenters. The molecule has 0 fully saturated rings. The molecule has 0 spiro atoms. The summed E-state index contributed by atoms with van der Waals surface area (Å²) in [7, 11) is 0. The van der Waals surface area contributed by atoms with E-state index in [1.807, 2.05) is 36.4 Å². The summed E-state index contributed by atoms with van der Waals surface area (Å²) in [4.78, 5) is 0. The third kappa shape index (κ3) is 3.15. The second-order valence-electron chi connectivity index (χ2n) is 5.88. The molecule has 1 heterocycles. The quantitative estimate of drug-likeness (QED) is 0.198. The number of hydrazine groups is 1. The maximum absolute atomic E-state index is 13.5. The van der Waals surface area contributed by atoms with Crippen LogP contribution in [0.4, 0.5) is 4.39 Å². The third-order valence-electron chi connectivity index (χ3n) is 4.31. The van der Waals surface area contributed by atoms with E-state index in [1.54, 1.807) is 12.1 Å². The van der Waals surface area contributed by atoms with Gasteiger partial charge < -0.3 is 10.3 Å². The Balaban J connectivity index is 0.000000948. The molecule has 0 atom stereocenters. The van der Waals surface area contributed by atoms with E-state index in [0.717, 1.165) is 27.4 Å². The fourth-order valence-electron chi connectivity index (χ4n) is 3.21. The monoisotopic (exact) mass is 349 g/mol. The smallest absolute Gasteiger partial charge is 0.123 e. The Hall–Kier alpha value is -3.22. The topological polar surface area (TPSA) is 107 Å². The fraction of sp³-hybridized carbons (Fsp3) is 0.0500. The Kier molecular flexibility index (Phi) is 4.97. The van der Waals surface area contributed by atoms with Crippen LogP contribution in [0.3, 0.4) is 0 Å². The predicted molar refractivity (Wildman–Crippen MR) is 104 cm³/mol. The number of benzene rings is 3. The summed E-state index contributed by atoms with van der Waals surface area (Å²) in [5.41, 5.74) is 9.37. The summed E-state index contributed by atoms with van der Waals surface area (Å²) in [6, 6.07) is 20.5. The van der Waals surface area contributed by atoms with Crippen molar-refractivity contribution in [3.8, 4) is 0 Å². The Morgan fingerprint density at radius 3 is 2.35 bits per heavy atom. The highest BCUT2D eigenvalue weighted by molar-refractivity contribution is 6.10. The molecule has 0 aliphatic rings. The van der Waals surface area contributed by atoms with Crippen molar-refractivity contribution in [1.82, 2.24) is 4.57 Å². The first kappa shape index (κ1) is 17.6. The molecule has 26 heavy (non-hydrogen) atoms. The minimum Gasteiger partial charge on any atom is -0.384 e. The van der Waals surface area contributed by atoms with Crippen molar-refractivity contribution in [3.63, 3.8) is 0 Å². The normalized spacial score (nSPS) is 10.6. The van der Waals surface area contributed by atoms with E-state index >= 15 is 0 Å². The molecule has 0 aliphatic carbocycles. The van der Waals surface area contributed by atoms with Gasteiger partial charge in [-0.3, -0.25) is 17.1 Å². The number of halogens is 1. The molecule has 0 radical (unpaired) electrons. The summed E-state index contributed by atoms with van der Waals surface area (Å²) in [5, 5.41) is 9.81. The van der Waals surface area contributed by atoms with Crippen LogP contribution in [0.2, 0.25) is 0 Å². The molecule has 4 aromatic rings. The van der Waals surface area contributed by atoms with E-state index in [0.29, 0.717) is 12.1 Å². The van der Waals surface area contributed by atoms with Crippen LogP contribution in [0.25, 0.3) is 21.8 Å². The number of para-hydroxylation sites is 1. The number of fused-ring (bicyclic) bond motifs is 3. The van der Waals surface area contributed by atoms with Gasteiger partial charge in [0, 0.05) is 33.9 Å². The van der Waals surface area contributed by atoms with E-state index in [4.69, 9.17) is 11.1 Å². The molecule has 0 aliphatic heterocycles. The maximum Gasteiger partial charge on any atom is 0.123 e. The van der Waals surface area contributed by atoms with Crippen LogP contribution < -0.4 is 17.4 Å². The highest BCUT2D eigenvalue weighted by Crippen LogP contribution is 2.30. The zero-order chi connectivity index (χ0) is 18.7. The number of nitrogens with two attached hydrogens (primary N) is 3. The molecular formula is C20H20FN5. The van der Waals surface area contributed by atoms with Gasteiger partial charge in [0.1, 0.15) is 11.7 Å². The zero-order valence-electron chi connectivity index (χ0n) is 14.1. The number of hydrogen-bond donors (Lipinski definition) is 4. The molecule has 4 rings (SSSR count). The first-order chi connectivity index (χ1) is 12.6. The lowest BCUT2D eigenvalue weighted by Crippen LogP contribution is -2.10. The molecule has 6 heteroatoms. The number of rotatable bonds is 3. The van der Waals surface area contributed by atoms with Gasteiger partial charge in [-0.2, -0.15) is 0 Å². The predicted octanol–water partition coefficient (Wildman–Crippen LogP) is 3.08. The van der Waals surface area contributed by atoms with Crippen molar-refractivity contribution < 1.29 is 4.39 Å². The summed E-state index contributed by atoms with van der Waals surface area (Å²) < 4.78 is 15.7. The van der Waals surface area contributed by atoms with Gasteiger partial charge in [-0.05, 0) is 42.0 Å². The van der Waals surface area contributed by atoms with Crippen molar-refractivity contribution >= 4 is 27.6 Å². The standard InChI is InChI=1S/C20H16FN3.H4N2/c21-15-5-3-4-13(10-15)12-24-18-7-2-1-6-16(18)17-11-14(20(22)23)8-9-19(17)24;1-2/h1-11H,12H2,(H3,22,23);1-2H2. The number of amidine groups is 1. The van der Waals surface area contributed by atoms with Gasteiger partial charge in [-0.15, -0.1) is 0 Å². The summed E-state index contributed by atoms with van der Waals surface area (Å²) in [5.74, 6) is 7.82. The molecule has 1 aromatic heterocycles. The maximum atomic E-state index is 13.5. The van der Waals surface area contributed by atoms with Crippen LogP contribution in [0.1, 0.15) is 11.1 Å². The van der Waals surface area contributed by atoms with Gasteiger partial charge in [-0.25, -0.2) is 4.39 Å². The Morgan fingerprint density at radius 2 is 1.62 bits per heavy atom. The minimum atomic E-state index is -0.230. The van der Waals surface area contributed by atoms with Gasteiger partial charge in [0.05, 0.1) is 0 Å². The molecule has 0 saturated heterocycles. The SMILES string of the molecule is N=C(N)c1ccc2c(c1)c1ccccc1n2Cc1cccc(F)c1.NN. The van der Waals surface area contributed by atoms with Gasteiger partial charge in [0.2, 0.25) is 0 Å². The zero-order valence-corrected chi connectivity index (χ0v) is 14.1. The molecule has 0 saturated carbocycles. The van der Waals surface area contributed by atoms with E-state index < -0.39 is 0 Å². The number of hydrogen-bond acceptors (Lipinski definition) is 3. The number of nitrogens with zero attached hydrogens (tertiary/aromatic N) is 1. The molecule has 7 N–H and O–H groups in total. The highest BCUT2D eigenvalue weighted by Gasteiger charge is 2.12. The lowest BCUT2D eigenvalue weighted by atomic mass is 10.1. The molecular weight excluding hydrogens is 329 g/mol. The number of aromatic nitrogens is 1. The largest absolute Gasteiger partial charge is 0.384 e. The second-order valence-corrected chi connectivity index (χ2v) is 5.88. The average molecular weight is 349 g/mol. The molecule has 0 amide bonds. The first-order valence-corrected chi connectivity index (χ1v) is 8.06. The lowest BCUT2D eigenvalue weighted by molar-refractivity contribution is 0.624. The van der Waals surface area contributed by atoms with E-state index in [2.05, 4.69) is 28.4 Å². The first-order valence-electron chi connectivity index (χ1n) is 8.06. The lowest BCUT2D eigenvalue weighted by Gasteiger charge is -2.08. The third-order valence-corrected chi connectivity index (χ3v) is 4.31. The van der Waals surface area contributed by atoms with Crippen LogP contribution in [0.5, 0.6) is 0 Å². The Bertz CT molecular complexity index is 1080. The molecule has 3 aromatic carbocycles. The van der Waals surface area contributed by atoms with Crippen LogP contribution in [-0.4, -0.2) is 10.4 Å².